The largest absolute Gasteiger partial charge is 0.349 e. The summed E-state index contributed by atoms with van der Waals surface area (Å²) in [5.41, 5.74) is 1.20. The molecule has 1 aromatic carbocycles. The number of amides is 1. The Morgan fingerprint density at radius 3 is 2.55 bits per heavy atom. The molecule has 1 saturated carbocycles. The van der Waals surface area contributed by atoms with Crippen LogP contribution < -0.4 is 10.6 Å². The lowest BCUT2D eigenvalue weighted by molar-refractivity contribution is -0.121. The van der Waals surface area contributed by atoms with Gasteiger partial charge in [0.05, 0.1) is 6.04 Å². The Hall–Kier alpha value is -1.35. The van der Waals surface area contributed by atoms with Gasteiger partial charge >= 0.3 is 0 Å². The third-order valence-electron chi connectivity index (χ3n) is 3.61. The van der Waals surface area contributed by atoms with E-state index in [1.165, 1.54) is 18.4 Å². The van der Waals surface area contributed by atoms with E-state index < -0.39 is 0 Å². The third kappa shape index (κ3) is 5.33. The van der Waals surface area contributed by atoms with Crippen molar-refractivity contribution in [3.05, 3.63) is 35.9 Å². The standard InChI is InChI=1S/C17H26N2O/c1-13(2)12-16(14-6-4-3-5-7-14)19-17(20)10-11-18-15-8-9-15/h3-7,13,15-16,18H,8-12H2,1-2H3,(H,19,20). The molecule has 20 heavy (non-hydrogen) atoms. The number of rotatable bonds is 8. The van der Waals surface area contributed by atoms with E-state index in [1.807, 2.05) is 18.2 Å². The molecule has 1 unspecified atom stereocenters. The van der Waals surface area contributed by atoms with E-state index in [0.717, 1.165) is 13.0 Å². The van der Waals surface area contributed by atoms with Gasteiger partial charge in [0, 0.05) is 19.0 Å². The van der Waals surface area contributed by atoms with Crippen molar-refractivity contribution in [1.82, 2.24) is 10.6 Å². The number of carbonyl (C=O) groups excluding carboxylic acids is 1. The van der Waals surface area contributed by atoms with Crippen LogP contribution in [-0.2, 0) is 4.79 Å². The maximum Gasteiger partial charge on any atom is 0.221 e. The van der Waals surface area contributed by atoms with Gasteiger partial charge in [-0.1, -0.05) is 44.2 Å². The second-order valence-electron chi connectivity index (χ2n) is 6.14. The molecular weight excluding hydrogens is 248 g/mol. The zero-order valence-electron chi connectivity index (χ0n) is 12.6. The van der Waals surface area contributed by atoms with Crippen LogP contribution in [0.25, 0.3) is 0 Å². The molecule has 110 valence electrons. The minimum atomic E-state index is 0.129. The van der Waals surface area contributed by atoms with Crippen LogP contribution in [0.3, 0.4) is 0 Å². The van der Waals surface area contributed by atoms with Crippen molar-refractivity contribution >= 4 is 5.91 Å². The van der Waals surface area contributed by atoms with Gasteiger partial charge in [0.15, 0.2) is 0 Å². The highest BCUT2D eigenvalue weighted by Gasteiger charge is 2.21. The number of carbonyl (C=O) groups is 1. The summed E-state index contributed by atoms with van der Waals surface area (Å²) in [6.45, 7) is 5.17. The number of benzene rings is 1. The monoisotopic (exact) mass is 274 g/mol. The lowest BCUT2D eigenvalue weighted by Gasteiger charge is -2.21. The Labute approximate surface area is 122 Å². The number of hydrogen-bond donors (Lipinski definition) is 2. The van der Waals surface area contributed by atoms with Crippen molar-refractivity contribution in [1.29, 1.82) is 0 Å². The van der Waals surface area contributed by atoms with Gasteiger partial charge in [0.1, 0.15) is 0 Å². The normalized spacial score (nSPS) is 16.1. The summed E-state index contributed by atoms with van der Waals surface area (Å²) in [5.74, 6) is 0.706. The fraction of sp³-hybridized carbons (Fsp3) is 0.588. The summed E-state index contributed by atoms with van der Waals surface area (Å²) >= 11 is 0. The van der Waals surface area contributed by atoms with Crippen molar-refractivity contribution < 1.29 is 4.79 Å². The maximum atomic E-state index is 12.1. The highest BCUT2D eigenvalue weighted by Crippen LogP contribution is 2.21. The molecule has 1 fully saturated rings. The van der Waals surface area contributed by atoms with Crippen LogP contribution in [0.2, 0.25) is 0 Å². The zero-order valence-corrected chi connectivity index (χ0v) is 12.6. The minimum Gasteiger partial charge on any atom is -0.349 e. The van der Waals surface area contributed by atoms with Crippen LogP contribution in [0.1, 0.15) is 51.1 Å². The van der Waals surface area contributed by atoms with Crippen molar-refractivity contribution in [3.63, 3.8) is 0 Å². The van der Waals surface area contributed by atoms with Crippen LogP contribution >= 0.6 is 0 Å². The number of hydrogen-bond acceptors (Lipinski definition) is 2. The lowest BCUT2D eigenvalue weighted by atomic mass is 9.97. The fourth-order valence-corrected chi connectivity index (χ4v) is 2.38. The zero-order chi connectivity index (χ0) is 14.4. The van der Waals surface area contributed by atoms with Crippen molar-refractivity contribution in [3.8, 4) is 0 Å². The Morgan fingerprint density at radius 2 is 1.95 bits per heavy atom. The predicted octanol–water partition coefficient (Wildman–Crippen LogP) is 3.03. The quantitative estimate of drug-likeness (QED) is 0.765. The van der Waals surface area contributed by atoms with Crippen LogP contribution in [0, 0.1) is 5.92 Å². The van der Waals surface area contributed by atoms with Crippen molar-refractivity contribution in [2.45, 2.75) is 51.6 Å². The first kappa shape index (κ1) is 15.0. The van der Waals surface area contributed by atoms with Gasteiger partial charge in [-0.2, -0.15) is 0 Å². The minimum absolute atomic E-state index is 0.129. The highest BCUT2D eigenvalue weighted by atomic mass is 16.1. The SMILES string of the molecule is CC(C)CC(NC(=O)CCNC1CC1)c1ccccc1. The molecule has 0 saturated heterocycles. The molecule has 1 aromatic rings. The molecule has 3 heteroatoms. The average molecular weight is 274 g/mol. The molecule has 0 aromatic heterocycles. The Bertz CT molecular complexity index is 412. The Kier molecular flexibility index (Phi) is 5.60. The van der Waals surface area contributed by atoms with Gasteiger partial charge < -0.3 is 10.6 Å². The fourth-order valence-electron chi connectivity index (χ4n) is 2.38. The molecule has 0 spiro atoms. The third-order valence-corrected chi connectivity index (χ3v) is 3.61. The molecule has 1 amide bonds. The Balaban J connectivity index is 1.84. The summed E-state index contributed by atoms with van der Waals surface area (Å²) in [4.78, 5) is 12.1. The van der Waals surface area contributed by atoms with Crippen LogP contribution in [0.4, 0.5) is 0 Å². The first-order valence-electron chi connectivity index (χ1n) is 7.73. The topological polar surface area (TPSA) is 41.1 Å². The van der Waals surface area contributed by atoms with Gasteiger partial charge in [-0.15, -0.1) is 0 Å². The summed E-state index contributed by atoms with van der Waals surface area (Å²) in [5, 5.41) is 6.56. The molecule has 0 heterocycles. The van der Waals surface area contributed by atoms with Crippen molar-refractivity contribution in [2.24, 2.45) is 5.92 Å². The van der Waals surface area contributed by atoms with Gasteiger partial charge in [0.2, 0.25) is 5.91 Å². The molecule has 0 aliphatic heterocycles. The molecule has 0 bridgehead atoms. The molecule has 1 aliphatic carbocycles. The molecule has 2 rings (SSSR count). The molecule has 3 nitrogen and oxygen atoms in total. The van der Waals surface area contributed by atoms with E-state index in [2.05, 4.69) is 36.6 Å². The summed E-state index contributed by atoms with van der Waals surface area (Å²) in [6, 6.07) is 11.1. The maximum absolute atomic E-state index is 12.1. The smallest absolute Gasteiger partial charge is 0.221 e. The summed E-state index contributed by atoms with van der Waals surface area (Å²) in [6.07, 6.45) is 4.08. The first-order chi connectivity index (χ1) is 9.65. The number of nitrogens with one attached hydrogen (secondary N) is 2. The average Bonchev–Trinajstić information content (AvgIpc) is 3.23. The highest BCUT2D eigenvalue weighted by molar-refractivity contribution is 5.76. The molecule has 0 radical (unpaired) electrons. The second kappa shape index (κ2) is 7.44. The van der Waals surface area contributed by atoms with E-state index in [1.54, 1.807) is 0 Å². The molecular formula is C17H26N2O. The summed E-state index contributed by atoms with van der Waals surface area (Å²) < 4.78 is 0. The van der Waals surface area contributed by atoms with E-state index in [9.17, 15) is 4.79 Å². The lowest BCUT2D eigenvalue weighted by Crippen LogP contribution is -2.32. The molecule has 1 atom stereocenters. The second-order valence-corrected chi connectivity index (χ2v) is 6.14. The molecule has 2 N–H and O–H groups in total. The predicted molar refractivity (Wildman–Crippen MR) is 82.4 cm³/mol. The van der Waals surface area contributed by atoms with Crippen LogP contribution in [-0.4, -0.2) is 18.5 Å². The van der Waals surface area contributed by atoms with E-state index in [-0.39, 0.29) is 11.9 Å². The molecule has 1 aliphatic rings. The van der Waals surface area contributed by atoms with Gasteiger partial charge in [-0.25, -0.2) is 0 Å². The van der Waals surface area contributed by atoms with Crippen LogP contribution in [0.5, 0.6) is 0 Å². The van der Waals surface area contributed by atoms with Gasteiger partial charge in [-0.3, -0.25) is 4.79 Å². The van der Waals surface area contributed by atoms with Gasteiger partial charge in [0.25, 0.3) is 0 Å². The van der Waals surface area contributed by atoms with E-state index >= 15 is 0 Å². The van der Waals surface area contributed by atoms with Crippen molar-refractivity contribution in [2.75, 3.05) is 6.54 Å². The van der Waals surface area contributed by atoms with E-state index in [4.69, 9.17) is 0 Å². The summed E-state index contributed by atoms with van der Waals surface area (Å²) in [7, 11) is 0. The van der Waals surface area contributed by atoms with E-state index in [0.29, 0.717) is 18.4 Å². The van der Waals surface area contributed by atoms with Crippen LogP contribution in [0.15, 0.2) is 30.3 Å². The first-order valence-corrected chi connectivity index (χ1v) is 7.73. The van der Waals surface area contributed by atoms with Gasteiger partial charge in [-0.05, 0) is 30.7 Å². The Morgan fingerprint density at radius 1 is 1.25 bits per heavy atom.